The molecule has 0 aliphatic rings. The Hall–Kier alpha value is -2.56. The minimum absolute atomic E-state index is 0.0544. The van der Waals surface area contributed by atoms with Crippen molar-refractivity contribution in [1.29, 1.82) is 0 Å². The number of ketones is 2. The predicted molar refractivity (Wildman–Crippen MR) is 68.3 cm³/mol. The second kappa shape index (κ2) is 5.86. The van der Waals surface area contributed by atoms with Crippen LogP contribution in [0, 0.1) is 0 Å². The van der Waals surface area contributed by atoms with Crippen molar-refractivity contribution >= 4 is 11.6 Å². The summed E-state index contributed by atoms with van der Waals surface area (Å²) in [6.07, 6.45) is 2.68. The van der Waals surface area contributed by atoms with E-state index in [1.165, 1.54) is 19.5 Å². The average molecular weight is 256 g/mol. The van der Waals surface area contributed by atoms with E-state index >= 15 is 0 Å². The molecule has 0 N–H and O–H groups in total. The topological polar surface area (TPSA) is 69.2 Å². The Balaban J connectivity index is 2.11. The van der Waals surface area contributed by atoms with Gasteiger partial charge in [0.1, 0.15) is 5.75 Å². The molecule has 96 valence electrons. The van der Waals surface area contributed by atoms with Gasteiger partial charge in [0.2, 0.25) is 5.78 Å². The molecule has 1 aromatic heterocycles. The molecule has 19 heavy (non-hydrogen) atoms. The molecule has 0 amide bonds. The Kier molecular flexibility index (Phi) is 3.97. The third-order valence-electron chi connectivity index (χ3n) is 2.53. The number of aromatic nitrogens is 2. The SMILES string of the molecule is COc1cccc(C(=O)CC(=O)c2ncccn2)c1. The predicted octanol–water partition coefficient (Wildman–Crippen LogP) is 1.94. The molecule has 0 atom stereocenters. The van der Waals surface area contributed by atoms with Gasteiger partial charge in [-0.25, -0.2) is 9.97 Å². The van der Waals surface area contributed by atoms with E-state index in [-0.39, 0.29) is 18.0 Å². The Labute approximate surface area is 110 Å². The molecule has 0 aliphatic heterocycles. The first kappa shape index (κ1) is 12.9. The van der Waals surface area contributed by atoms with Crippen LogP contribution in [-0.4, -0.2) is 28.6 Å². The van der Waals surface area contributed by atoms with Crippen LogP contribution in [0.15, 0.2) is 42.7 Å². The molecule has 0 aliphatic carbocycles. The maximum atomic E-state index is 12.0. The molecule has 0 unspecified atom stereocenters. The van der Waals surface area contributed by atoms with Crippen molar-refractivity contribution in [3.8, 4) is 5.75 Å². The summed E-state index contributed by atoms with van der Waals surface area (Å²) in [4.78, 5) is 31.4. The van der Waals surface area contributed by atoms with Gasteiger partial charge in [-0.05, 0) is 18.2 Å². The second-order valence-electron chi connectivity index (χ2n) is 3.83. The largest absolute Gasteiger partial charge is 0.497 e. The third-order valence-corrected chi connectivity index (χ3v) is 2.53. The highest BCUT2D eigenvalue weighted by Gasteiger charge is 2.15. The maximum Gasteiger partial charge on any atom is 0.207 e. The number of hydrogen-bond acceptors (Lipinski definition) is 5. The first-order valence-corrected chi connectivity index (χ1v) is 5.68. The number of nitrogens with zero attached hydrogens (tertiary/aromatic N) is 2. The van der Waals surface area contributed by atoms with Crippen LogP contribution in [0.2, 0.25) is 0 Å². The van der Waals surface area contributed by atoms with E-state index in [9.17, 15) is 9.59 Å². The monoisotopic (exact) mass is 256 g/mol. The van der Waals surface area contributed by atoms with Crippen molar-refractivity contribution in [2.75, 3.05) is 7.11 Å². The van der Waals surface area contributed by atoms with Crippen LogP contribution < -0.4 is 4.74 Å². The number of benzene rings is 1. The van der Waals surface area contributed by atoms with Crippen LogP contribution in [0.5, 0.6) is 5.75 Å². The van der Waals surface area contributed by atoms with Crippen molar-refractivity contribution in [3.05, 3.63) is 54.1 Å². The lowest BCUT2D eigenvalue weighted by Gasteiger charge is -2.03. The van der Waals surface area contributed by atoms with Crippen LogP contribution in [0.3, 0.4) is 0 Å². The zero-order chi connectivity index (χ0) is 13.7. The van der Waals surface area contributed by atoms with Crippen molar-refractivity contribution in [1.82, 2.24) is 9.97 Å². The lowest BCUT2D eigenvalue weighted by atomic mass is 10.1. The molecular formula is C14H12N2O3. The van der Waals surface area contributed by atoms with E-state index in [2.05, 4.69) is 9.97 Å². The summed E-state index contributed by atoms with van der Waals surface area (Å²) in [6.45, 7) is 0. The zero-order valence-corrected chi connectivity index (χ0v) is 10.4. The van der Waals surface area contributed by atoms with Crippen molar-refractivity contribution in [3.63, 3.8) is 0 Å². The molecule has 1 heterocycles. The van der Waals surface area contributed by atoms with E-state index < -0.39 is 5.78 Å². The van der Waals surface area contributed by atoms with E-state index in [0.717, 1.165) is 0 Å². The van der Waals surface area contributed by atoms with Crippen molar-refractivity contribution in [2.45, 2.75) is 6.42 Å². The van der Waals surface area contributed by atoms with Gasteiger partial charge in [-0.1, -0.05) is 12.1 Å². The maximum absolute atomic E-state index is 12.0. The third kappa shape index (κ3) is 3.22. The number of rotatable bonds is 5. The van der Waals surface area contributed by atoms with Gasteiger partial charge in [0.25, 0.3) is 0 Å². The molecule has 2 rings (SSSR count). The van der Waals surface area contributed by atoms with Gasteiger partial charge in [-0.15, -0.1) is 0 Å². The van der Waals surface area contributed by atoms with Crippen LogP contribution in [-0.2, 0) is 0 Å². The van der Waals surface area contributed by atoms with Gasteiger partial charge in [0.15, 0.2) is 11.6 Å². The van der Waals surface area contributed by atoms with Crippen LogP contribution in [0.25, 0.3) is 0 Å². The summed E-state index contributed by atoms with van der Waals surface area (Å²) in [7, 11) is 1.52. The zero-order valence-electron chi connectivity index (χ0n) is 10.4. The van der Waals surface area contributed by atoms with E-state index in [4.69, 9.17) is 4.74 Å². The van der Waals surface area contributed by atoms with Gasteiger partial charge < -0.3 is 4.74 Å². The number of ether oxygens (including phenoxy) is 1. The molecule has 5 nitrogen and oxygen atoms in total. The van der Waals surface area contributed by atoms with Crippen LogP contribution in [0.1, 0.15) is 27.4 Å². The van der Waals surface area contributed by atoms with Crippen molar-refractivity contribution in [2.24, 2.45) is 0 Å². The molecule has 0 saturated carbocycles. The minimum atomic E-state index is -0.395. The van der Waals surface area contributed by atoms with Crippen LogP contribution >= 0.6 is 0 Å². The Morgan fingerprint density at radius 1 is 1.11 bits per heavy atom. The van der Waals surface area contributed by atoms with Crippen LogP contribution in [0.4, 0.5) is 0 Å². The molecular weight excluding hydrogens is 244 g/mol. The molecule has 2 aromatic rings. The average Bonchev–Trinajstić information content (AvgIpc) is 2.48. The number of hydrogen-bond donors (Lipinski definition) is 0. The van der Waals surface area contributed by atoms with Crippen molar-refractivity contribution < 1.29 is 14.3 Å². The lowest BCUT2D eigenvalue weighted by molar-refractivity contribution is 0.0888. The van der Waals surface area contributed by atoms with E-state index in [1.807, 2.05) is 0 Å². The molecule has 0 fully saturated rings. The highest BCUT2D eigenvalue weighted by Crippen LogP contribution is 2.14. The van der Waals surface area contributed by atoms with Gasteiger partial charge >= 0.3 is 0 Å². The van der Waals surface area contributed by atoms with Gasteiger partial charge in [0, 0.05) is 18.0 Å². The molecule has 0 radical (unpaired) electrons. The summed E-state index contributed by atoms with van der Waals surface area (Å²) in [5.74, 6) is -0.0437. The van der Waals surface area contributed by atoms with Gasteiger partial charge in [-0.3, -0.25) is 9.59 Å². The Morgan fingerprint density at radius 2 is 1.84 bits per heavy atom. The first-order chi connectivity index (χ1) is 9.20. The summed E-state index contributed by atoms with van der Waals surface area (Å²) in [5, 5.41) is 0. The number of carbonyl (C=O) groups excluding carboxylic acids is 2. The smallest absolute Gasteiger partial charge is 0.207 e. The van der Waals surface area contributed by atoms with Gasteiger partial charge in [-0.2, -0.15) is 0 Å². The number of methoxy groups -OCH3 is 1. The summed E-state index contributed by atoms with van der Waals surface area (Å²) < 4.78 is 5.03. The molecule has 0 saturated heterocycles. The summed E-state index contributed by atoms with van der Waals surface area (Å²) in [5.41, 5.74) is 0.434. The quantitative estimate of drug-likeness (QED) is 0.604. The summed E-state index contributed by atoms with van der Waals surface area (Å²) in [6, 6.07) is 8.29. The fourth-order valence-corrected chi connectivity index (χ4v) is 1.57. The minimum Gasteiger partial charge on any atom is -0.497 e. The standard InChI is InChI=1S/C14H12N2O3/c1-19-11-5-2-4-10(8-11)12(17)9-13(18)14-15-6-3-7-16-14/h2-8H,9H2,1H3. The fourth-order valence-electron chi connectivity index (χ4n) is 1.57. The Morgan fingerprint density at radius 3 is 2.53 bits per heavy atom. The summed E-state index contributed by atoms with van der Waals surface area (Å²) >= 11 is 0. The van der Waals surface area contributed by atoms with E-state index in [1.54, 1.807) is 30.3 Å². The highest BCUT2D eigenvalue weighted by atomic mass is 16.5. The number of carbonyl (C=O) groups is 2. The lowest BCUT2D eigenvalue weighted by Crippen LogP contribution is -2.11. The second-order valence-corrected chi connectivity index (χ2v) is 3.83. The Bertz CT molecular complexity index is 597. The van der Waals surface area contributed by atoms with E-state index in [0.29, 0.717) is 11.3 Å². The molecule has 0 spiro atoms. The van der Waals surface area contributed by atoms with Gasteiger partial charge in [0.05, 0.1) is 13.5 Å². The highest BCUT2D eigenvalue weighted by molar-refractivity contribution is 6.12. The molecule has 0 bridgehead atoms. The molecule has 5 heteroatoms. The fraction of sp³-hybridized carbons (Fsp3) is 0.143. The normalized spacial score (nSPS) is 9.95. The first-order valence-electron chi connectivity index (χ1n) is 5.68. The number of Topliss-reactive ketones (excluding diaryl/α,β-unsaturated/α-hetero) is 2. The molecule has 1 aromatic carbocycles.